The number of nitrogens with zero attached hydrogens (tertiary/aromatic N) is 1. The number of likely N-dealkylation sites (N-methyl/N-ethyl adjacent to an activating group) is 1. The Morgan fingerprint density at radius 3 is 2.29 bits per heavy atom. The van der Waals surface area contributed by atoms with E-state index in [4.69, 9.17) is 4.74 Å². The van der Waals surface area contributed by atoms with E-state index in [-0.39, 0.29) is 12.5 Å². The third-order valence-corrected chi connectivity index (χ3v) is 3.38. The number of benzene rings is 2. The maximum atomic E-state index is 12.0. The van der Waals surface area contributed by atoms with Crippen molar-refractivity contribution in [1.29, 1.82) is 0 Å². The second kappa shape index (κ2) is 7.48. The highest BCUT2D eigenvalue weighted by Gasteiger charge is 2.10. The van der Waals surface area contributed by atoms with Gasteiger partial charge in [-0.15, -0.1) is 0 Å². The van der Waals surface area contributed by atoms with E-state index in [1.54, 1.807) is 11.9 Å². The molecule has 0 N–H and O–H groups in total. The molecule has 0 aliphatic carbocycles. The summed E-state index contributed by atoms with van der Waals surface area (Å²) in [5.41, 5.74) is 2.37. The highest BCUT2D eigenvalue weighted by atomic mass is 16.5. The fourth-order valence-electron chi connectivity index (χ4n) is 2.02. The molecule has 3 heteroatoms. The Bertz CT molecular complexity index is 564. The van der Waals surface area contributed by atoms with Gasteiger partial charge in [0.05, 0.1) is 0 Å². The average molecular weight is 283 g/mol. The van der Waals surface area contributed by atoms with Crippen molar-refractivity contribution in [2.75, 3.05) is 13.7 Å². The molecule has 0 saturated carbocycles. The van der Waals surface area contributed by atoms with Gasteiger partial charge in [0.1, 0.15) is 5.75 Å². The summed E-state index contributed by atoms with van der Waals surface area (Å²) in [7, 11) is 1.79. The number of carbonyl (C=O) groups is 1. The summed E-state index contributed by atoms with van der Waals surface area (Å²) in [6.07, 6.45) is 0.999. The van der Waals surface area contributed by atoms with Crippen molar-refractivity contribution in [3.63, 3.8) is 0 Å². The summed E-state index contributed by atoms with van der Waals surface area (Å²) in [5.74, 6) is 0.701. The van der Waals surface area contributed by atoms with Gasteiger partial charge in [-0.05, 0) is 29.7 Å². The number of amides is 1. The SMILES string of the molecule is CCc1ccc(OCC(=O)N(C)Cc2ccccc2)cc1. The fourth-order valence-corrected chi connectivity index (χ4v) is 2.02. The Kier molecular flexibility index (Phi) is 5.38. The zero-order valence-corrected chi connectivity index (χ0v) is 12.6. The first-order valence-corrected chi connectivity index (χ1v) is 7.18. The second-order valence-electron chi connectivity index (χ2n) is 5.02. The fraction of sp³-hybridized carbons (Fsp3) is 0.278. The lowest BCUT2D eigenvalue weighted by molar-refractivity contribution is -0.132. The number of rotatable bonds is 6. The topological polar surface area (TPSA) is 29.5 Å². The molecule has 0 fully saturated rings. The van der Waals surface area contributed by atoms with Crippen LogP contribution >= 0.6 is 0 Å². The van der Waals surface area contributed by atoms with Crippen molar-refractivity contribution >= 4 is 5.91 Å². The smallest absolute Gasteiger partial charge is 0.260 e. The van der Waals surface area contributed by atoms with E-state index < -0.39 is 0 Å². The number of carbonyl (C=O) groups excluding carboxylic acids is 1. The van der Waals surface area contributed by atoms with Crippen LogP contribution in [-0.4, -0.2) is 24.5 Å². The van der Waals surface area contributed by atoms with E-state index >= 15 is 0 Å². The molecule has 0 aliphatic heterocycles. The quantitative estimate of drug-likeness (QED) is 0.814. The molecular weight excluding hydrogens is 262 g/mol. The normalized spacial score (nSPS) is 10.2. The summed E-state index contributed by atoms with van der Waals surface area (Å²) in [6.45, 7) is 2.77. The van der Waals surface area contributed by atoms with E-state index in [1.165, 1.54) is 5.56 Å². The Balaban J connectivity index is 1.83. The molecule has 1 amide bonds. The molecule has 0 heterocycles. The summed E-state index contributed by atoms with van der Waals surface area (Å²) >= 11 is 0. The minimum atomic E-state index is -0.0292. The summed E-state index contributed by atoms with van der Waals surface area (Å²) in [5, 5.41) is 0. The molecule has 21 heavy (non-hydrogen) atoms. The van der Waals surface area contributed by atoms with Crippen LogP contribution in [-0.2, 0) is 17.8 Å². The molecule has 2 rings (SSSR count). The summed E-state index contributed by atoms with van der Waals surface area (Å²) in [6, 6.07) is 17.8. The van der Waals surface area contributed by atoms with Crippen LogP contribution in [0.4, 0.5) is 0 Å². The lowest BCUT2D eigenvalue weighted by atomic mass is 10.2. The predicted octanol–water partition coefficient (Wildman–Crippen LogP) is 3.29. The molecule has 3 nitrogen and oxygen atoms in total. The molecular formula is C18H21NO2. The number of hydrogen-bond acceptors (Lipinski definition) is 2. The van der Waals surface area contributed by atoms with Crippen LogP contribution in [0.15, 0.2) is 54.6 Å². The van der Waals surface area contributed by atoms with Gasteiger partial charge in [-0.1, -0.05) is 49.4 Å². The van der Waals surface area contributed by atoms with Crippen molar-refractivity contribution in [1.82, 2.24) is 4.90 Å². The van der Waals surface area contributed by atoms with E-state index in [9.17, 15) is 4.79 Å². The zero-order chi connectivity index (χ0) is 15.1. The van der Waals surface area contributed by atoms with Crippen LogP contribution in [0.3, 0.4) is 0 Å². The third-order valence-electron chi connectivity index (χ3n) is 3.38. The molecule has 0 saturated heterocycles. The molecule has 2 aromatic rings. The van der Waals surface area contributed by atoms with E-state index in [0.717, 1.165) is 17.7 Å². The van der Waals surface area contributed by atoms with Crippen molar-refractivity contribution in [3.8, 4) is 5.75 Å². The number of hydrogen-bond donors (Lipinski definition) is 0. The number of ether oxygens (including phenoxy) is 1. The maximum absolute atomic E-state index is 12.0. The van der Waals surface area contributed by atoms with Crippen molar-refractivity contribution in [3.05, 3.63) is 65.7 Å². The van der Waals surface area contributed by atoms with Crippen LogP contribution in [0.1, 0.15) is 18.1 Å². The van der Waals surface area contributed by atoms with Crippen LogP contribution < -0.4 is 4.74 Å². The predicted molar refractivity (Wildman–Crippen MR) is 84.2 cm³/mol. The lowest BCUT2D eigenvalue weighted by Crippen LogP contribution is -2.30. The summed E-state index contributed by atoms with van der Waals surface area (Å²) < 4.78 is 5.53. The van der Waals surface area contributed by atoms with Gasteiger partial charge in [0, 0.05) is 13.6 Å². The largest absolute Gasteiger partial charge is 0.484 e. The molecule has 0 unspecified atom stereocenters. The minimum absolute atomic E-state index is 0.0292. The Labute approximate surface area is 126 Å². The van der Waals surface area contributed by atoms with Gasteiger partial charge in [0.25, 0.3) is 5.91 Å². The average Bonchev–Trinajstić information content (AvgIpc) is 2.54. The minimum Gasteiger partial charge on any atom is -0.484 e. The van der Waals surface area contributed by atoms with Gasteiger partial charge in [-0.3, -0.25) is 4.79 Å². The molecule has 0 atom stereocenters. The van der Waals surface area contributed by atoms with Crippen molar-refractivity contribution in [2.45, 2.75) is 19.9 Å². The van der Waals surface area contributed by atoms with Gasteiger partial charge in [-0.25, -0.2) is 0 Å². The molecule has 0 aliphatic rings. The Morgan fingerprint density at radius 2 is 1.67 bits per heavy atom. The highest BCUT2D eigenvalue weighted by Crippen LogP contribution is 2.12. The van der Waals surface area contributed by atoms with Crippen LogP contribution in [0, 0.1) is 0 Å². The first-order chi connectivity index (χ1) is 10.2. The van der Waals surface area contributed by atoms with Gasteiger partial charge in [0.15, 0.2) is 6.61 Å². The van der Waals surface area contributed by atoms with Gasteiger partial charge in [0.2, 0.25) is 0 Å². The first-order valence-electron chi connectivity index (χ1n) is 7.18. The van der Waals surface area contributed by atoms with Crippen LogP contribution in [0.25, 0.3) is 0 Å². The first kappa shape index (κ1) is 15.1. The highest BCUT2D eigenvalue weighted by molar-refractivity contribution is 5.77. The molecule has 0 bridgehead atoms. The molecule has 0 aromatic heterocycles. The molecule has 0 spiro atoms. The number of aryl methyl sites for hydroxylation is 1. The standard InChI is InChI=1S/C18H21NO2/c1-3-15-9-11-17(12-10-15)21-14-18(20)19(2)13-16-7-5-4-6-8-16/h4-12H,3,13-14H2,1-2H3. The van der Waals surface area contributed by atoms with Gasteiger partial charge < -0.3 is 9.64 Å². The Morgan fingerprint density at radius 1 is 1.00 bits per heavy atom. The molecule has 0 radical (unpaired) electrons. The van der Waals surface area contributed by atoms with Gasteiger partial charge in [-0.2, -0.15) is 0 Å². The van der Waals surface area contributed by atoms with Crippen LogP contribution in [0.5, 0.6) is 5.75 Å². The van der Waals surface area contributed by atoms with E-state index in [1.807, 2.05) is 54.6 Å². The van der Waals surface area contributed by atoms with Crippen molar-refractivity contribution in [2.24, 2.45) is 0 Å². The second-order valence-corrected chi connectivity index (χ2v) is 5.02. The Hall–Kier alpha value is -2.29. The third kappa shape index (κ3) is 4.63. The maximum Gasteiger partial charge on any atom is 0.260 e. The van der Waals surface area contributed by atoms with E-state index in [0.29, 0.717) is 6.54 Å². The molecule has 110 valence electrons. The van der Waals surface area contributed by atoms with E-state index in [2.05, 4.69) is 6.92 Å². The monoisotopic (exact) mass is 283 g/mol. The zero-order valence-electron chi connectivity index (χ0n) is 12.6. The van der Waals surface area contributed by atoms with Crippen LogP contribution in [0.2, 0.25) is 0 Å². The summed E-state index contributed by atoms with van der Waals surface area (Å²) in [4.78, 5) is 13.7. The molecule has 2 aromatic carbocycles. The van der Waals surface area contributed by atoms with Gasteiger partial charge >= 0.3 is 0 Å². The lowest BCUT2D eigenvalue weighted by Gasteiger charge is -2.17. The van der Waals surface area contributed by atoms with Crippen molar-refractivity contribution < 1.29 is 9.53 Å².